The first-order valence-corrected chi connectivity index (χ1v) is 5.04. The fourth-order valence-electron chi connectivity index (χ4n) is 1.78. The Kier molecular flexibility index (Phi) is 3.16. The van der Waals surface area contributed by atoms with Gasteiger partial charge in [-0.25, -0.2) is 0 Å². The van der Waals surface area contributed by atoms with Crippen molar-refractivity contribution in [2.24, 2.45) is 5.73 Å². The van der Waals surface area contributed by atoms with Gasteiger partial charge in [-0.3, -0.25) is 4.79 Å². The van der Waals surface area contributed by atoms with Crippen molar-refractivity contribution >= 4 is 5.97 Å². The van der Waals surface area contributed by atoms with Crippen LogP contribution >= 0.6 is 0 Å². The Balaban J connectivity index is 2.51. The van der Waals surface area contributed by atoms with Crippen molar-refractivity contribution in [2.75, 3.05) is 13.9 Å². The highest BCUT2D eigenvalue weighted by atomic mass is 16.7. The minimum atomic E-state index is -1.16. The van der Waals surface area contributed by atoms with Gasteiger partial charge in [-0.05, 0) is 11.6 Å². The summed E-state index contributed by atoms with van der Waals surface area (Å²) in [5.41, 5.74) is 6.75. The van der Waals surface area contributed by atoms with Crippen molar-refractivity contribution in [2.45, 2.75) is 12.6 Å². The Hall–Kier alpha value is -1.79. The van der Waals surface area contributed by atoms with E-state index in [4.69, 9.17) is 25.1 Å². The van der Waals surface area contributed by atoms with Gasteiger partial charge in [-0.1, -0.05) is 6.07 Å². The van der Waals surface area contributed by atoms with E-state index in [1.165, 1.54) is 7.11 Å². The molecule has 17 heavy (non-hydrogen) atoms. The molecule has 1 unspecified atom stereocenters. The van der Waals surface area contributed by atoms with Crippen LogP contribution in [0.5, 0.6) is 11.5 Å². The van der Waals surface area contributed by atoms with Crippen LogP contribution in [0.2, 0.25) is 0 Å². The molecule has 3 N–H and O–H groups in total. The van der Waals surface area contributed by atoms with Gasteiger partial charge in [0, 0.05) is 12.7 Å². The zero-order chi connectivity index (χ0) is 12.4. The van der Waals surface area contributed by atoms with Gasteiger partial charge in [-0.15, -0.1) is 0 Å². The largest absolute Gasteiger partial charge is 0.480 e. The molecular weight excluding hydrogens is 226 g/mol. The van der Waals surface area contributed by atoms with E-state index in [-0.39, 0.29) is 13.4 Å². The fourth-order valence-corrected chi connectivity index (χ4v) is 1.78. The highest BCUT2D eigenvalue weighted by Crippen LogP contribution is 2.40. The quantitative estimate of drug-likeness (QED) is 0.801. The maximum absolute atomic E-state index is 11.0. The van der Waals surface area contributed by atoms with E-state index in [1.807, 2.05) is 0 Å². The van der Waals surface area contributed by atoms with Crippen LogP contribution in [0.15, 0.2) is 12.1 Å². The molecule has 0 amide bonds. The number of hydrogen-bond acceptors (Lipinski definition) is 5. The van der Waals surface area contributed by atoms with Gasteiger partial charge in [0.2, 0.25) is 6.79 Å². The average Bonchev–Trinajstić information content (AvgIpc) is 2.76. The first kappa shape index (κ1) is 11.7. The van der Waals surface area contributed by atoms with Crippen molar-refractivity contribution in [3.05, 3.63) is 23.3 Å². The number of fused-ring (bicyclic) bond motifs is 1. The second kappa shape index (κ2) is 4.60. The molecule has 0 aliphatic carbocycles. The van der Waals surface area contributed by atoms with Crippen molar-refractivity contribution in [1.29, 1.82) is 0 Å². The van der Waals surface area contributed by atoms with Gasteiger partial charge in [-0.2, -0.15) is 0 Å². The SMILES string of the molecule is COCc1ccc2c(c1C(N)C(=O)O)OCO2. The number of methoxy groups -OCH3 is 1. The summed E-state index contributed by atoms with van der Waals surface area (Å²) < 4.78 is 15.5. The van der Waals surface area contributed by atoms with Crippen molar-refractivity contribution in [3.63, 3.8) is 0 Å². The Labute approximate surface area is 97.9 Å². The third-order valence-corrected chi connectivity index (χ3v) is 2.54. The Morgan fingerprint density at radius 3 is 3.00 bits per heavy atom. The van der Waals surface area contributed by atoms with Gasteiger partial charge >= 0.3 is 5.97 Å². The van der Waals surface area contributed by atoms with Gasteiger partial charge in [0.05, 0.1) is 6.61 Å². The first-order chi connectivity index (χ1) is 8.15. The molecule has 6 nitrogen and oxygen atoms in total. The van der Waals surface area contributed by atoms with Crippen LogP contribution in [-0.2, 0) is 16.1 Å². The second-order valence-electron chi connectivity index (χ2n) is 3.62. The topological polar surface area (TPSA) is 91.0 Å². The van der Waals surface area contributed by atoms with Crippen LogP contribution in [-0.4, -0.2) is 25.0 Å². The molecule has 1 aliphatic rings. The molecule has 0 saturated heterocycles. The maximum Gasteiger partial charge on any atom is 0.325 e. The summed E-state index contributed by atoms with van der Waals surface area (Å²) in [5, 5.41) is 9.00. The second-order valence-corrected chi connectivity index (χ2v) is 3.62. The predicted molar refractivity (Wildman–Crippen MR) is 57.8 cm³/mol. The van der Waals surface area contributed by atoms with Crippen molar-refractivity contribution in [1.82, 2.24) is 0 Å². The van der Waals surface area contributed by atoms with E-state index >= 15 is 0 Å². The zero-order valence-electron chi connectivity index (χ0n) is 9.30. The lowest BCUT2D eigenvalue weighted by Crippen LogP contribution is -2.22. The van der Waals surface area contributed by atoms with Gasteiger partial charge < -0.3 is 25.1 Å². The van der Waals surface area contributed by atoms with E-state index in [0.29, 0.717) is 22.6 Å². The minimum Gasteiger partial charge on any atom is -0.480 e. The molecule has 1 atom stereocenters. The Morgan fingerprint density at radius 1 is 1.59 bits per heavy atom. The summed E-state index contributed by atoms with van der Waals surface area (Å²) in [6, 6.07) is 2.29. The molecule has 0 aromatic heterocycles. The molecule has 1 heterocycles. The number of rotatable bonds is 4. The number of nitrogens with two attached hydrogens (primary N) is 1. The van der Waals surface area contributed by atoms with Crippen LogP contribution in [0.4, 0.5) is 0 Å². The lowest BCUT2D eigenvalue weighted by molar-refractivity contribution is -0.138. The van der Waals surface area contributed by atoms with Gasteiger partial charge in [0.1, 0.15) is 6.04 Å². The minimum absolute atomic E-state index is 0.0745. The number of carboxylic acids is 1. The van der Waals surface area contributed by atoms with E-state index in [2.05, 4.69) is 0 Å². The molecule has 6 heteroatoms. The number of carbonyl (C=O) groups is 1. The average molecular weight is 239 g/mol. The van der Waals surface area contributed by atoms with Crippen LogP contribution in [0.1, 0.15) is 17.2 Å². The predicted octanol–water partition coefficient (Wildman–Crippen LogP) is 0.646. The van der Waals surface area contributed by atoms with Crippen molar-refractivity contribution in [3.8, 4) is 11.5 Å². The monoisotopic (exact) mass is 239 g/mol. The summed E-state index contributed by atoms with van der Waals surface area (Å²) in [6.07, 6.45) is 0. The molecule has 1 aromatic rings. The smallest absolute Gasteiger partial charge is 0.325 e. The molecule has 1 aliphatic heterocycles. The van der Waals surface area contributed by atoms with Crippen LogP contribution in [0, 0.1) is 0 Å². The van der Waals surface area contributed by atoms with E-state index in [9.17, 15) is 4.79 Å². The molecular formula is C11H13NO5. The van der Waals surface area contributed by atoms with Crippen LogP contribution in [0.25, 0.3) is 0 Å². The van der Waals surface area contributed by atoms with E-state index < -0.39 is 12.0 Å². The third kappa shape index (κ3) is 2.04. The standard InChI is InChI=1S/C11H13NO5/c1-15-4-6-2-3-7-10(17-5-16-7)8(6)9(12)11(13)14/h2-3,9H,4-5,12H2,1H3,(H,13,14). The number of hydrogen-bond donors (Lipinski definition) is 2. The van der Waals surface area contributed by atoms with Crippen LogP contribution < -0.4 is 15.2 Å². The molecule has 0 bridgehead atoms. The third-order valence-electron chi connectivity index (χ3n) is 2.54. The molecule has 0 fully saturated rings. The highest BCUT2D eigenvalue weighted by molar-refractivity contribution is 5.78. The summed E-state index contributed by atoms with van der Waals surface area (Å²) >= 11 is 0. The molecule has 92 valence electrons. The summed E-state index contributed by atoms with van der Waals surface area (Å²) in [4.78, 5) is 11.0. The van der Waals surface area contributed by atoms with E-state index in [1.54, 1.807) is 12.1 Å². The number of ether oxygens (including phenoxy) is 3. The molecule has 0 radical (unpaired) electrons. The lowest BCUT2D eigenvalue weighted by Gasteiger charge is -2.15. The number of benzene rings is 1. The van der Waals surface area contributed by atoms with Gasteiger partial charge in [0.25, 0.3) is 0 Å². The normalized spacial score (nSPS) is 14.7. The van der Waals surface area contributed by atoms with Crippen molar-refractivity contribution < 1.29 is 24.1 Å². The summed E-state index contributed by atoms with van der Waals surface area (Å²) in [6.45, 7) is 0.345. The maximum atomic E-state index is 11.0. The Bertz CT molecular complexity index is 446. The Morgan fingerprint density at radius 2 is 2.35 bits per heavy atom. The van der Waals surface area contributed by atoms with Gasteiger partial charge in [0.15, 0.2) is 11.5 Å². The summed E-state index contributed by atoms with van der Waals surface area (Å²) in [5.74, 6) is -0.211. The lowest BCUT2D eigenvalue weighted by atomic mass is 9.99. The number of carboxylic acid groups (broad SMARTS) is 1. The molecule has 1 aromatic carbocycles. The first-order valence-electron chi connectivity index (χ1n) is 5.04. The molecule has 0 saturated carbocycles. The highest BCUT2D eigenvalue weighted by Gasteiger charge is 2.28. The van der Waals surface area contributed by atoms with Crippen LogP contribution in [0.3, 0.4) is 0 Å². The summed E-state index contributed by atoms with van der Waals surface area (Å²) in [7, 11) is 1.53. The molecule has 0 spiro atoms. The number of aliphatic carboxylic acids is 1. The zero-order valence-corrected chi connectivity index (χ0v) is 9.30. The fraction of sp³-hybridized carbons (Fsp3) is 0.364. The van der Waals surface area contributed by atoms with E-state index in [0.717, 1.165) is 0 Å². The molecule has 2 rings (SSSR count).